The minimum atomic E-state index is -4.35. The van der Waals surface area contributed by atoms with Crippen LogP contribution in [0.2, 0.25) is 5.02 Å². The van der Waals surface area contributed by atoms with Gasteiger partial charge in [-0.1, -0.05) is 24.2 Å². The van der Waals surface area contributed by atoms with Gasteiger partial charge < -0.3 is 14.9 Å². The molecule has 2 saturated carbocycles. The molecular formula is C33H29ClF3N5O5S. The van der Waals surface area contributed by atoms with Crippen LogP contribution in [0, 0.1) is 11.6 Å². The molecule has 0 atom stereocenters. The lowest BCUT2D eigenvalue weighted by atomic mass is 9.99. The van der Waals surface area contributed by atoms with E-state index < -0.39 is 66.1 Å². The fourth-order valence-corrected chi connectivity index (χ4v) is 7.82. The summed E-state index contributed by atoms with van der Waals surface area (Å²) in [7, 11) is -4.35. The van der Waals surface area contributed by atoms with Crippen molar-refractivity contribution in [1.82, 2.24) is 19.4 Å². The minimum absolute atomic E-state index is 0.0513. The molecule has 1 amide bonds. The second-order valence-corrected chi connectivity index (χ2v) is 14.8. The number of sulfone groups is 1. The van der Waals surface area contributed by atoms with Gasteiger partial charge >= 0.3 is 0 Å². The van der Waals surface area contributed by atoms with Gasteiger partial charge in [0.1, 0.15) is 17.9 Å². The maximum atomic E-state index is 17.4. The maximum absolute atomic E-state index is 17.4. The maximum Gasteiger partial charge on any atom is 0.282 e. The first-order valence-electron chi connectivity index (χ1n) is 15.3. The summed E-state index contributed by atoms with van der Waals surface area (Å²) in [4.78, 5) is 38.1. The van der Waals surface area contributed by atoms with E-state index in [-0.39, 0.29) is 59.8 Å². The number of benzene rings is 2. The highest BCUT2D eigenvalue weighted by Crippen LogP contribution is 2.49. The van der Waals surface area contributed by atoms with Crippen molar-refractivity contribution < 1.29 is 31.5 Å². The zero-order valence-electron chi connectivity index (χ0n) is 25.6. The number of anilines is 1. The molecule has 15 heteroatoms. The highest BCUT2D eigenvalue weighted by atomic mass is 35.5. The zero-order valence-corrected chi connectivity index (χ0v) is 27.2. The zero-order chi connectivity index (χ0) is 34.2. The Morgan fingerprint density at radius 3 is 2.12 bits per heavy atom. The van der Waals surface area contributed by atoms with Gasteiger partial charge in [0.05, 0.1) is 38.9 Å². The smallest absolute Gasteiger partial charge is 0.282 e. The number of hydrogen-bond acceptors (Lipinski definition) is 8. The molecule has 2 aromatic carbocycles. The van der Waals surface area contributed by atoms with Crippen LogP contribution in [0.3, 0.4) is 0 Å². The van der Waals surface area contributed by atoms with Crippen molar-refractivity contribution in [3.8, 4) is 22.6 Å². The van der Waals surface area contributed by atoms with Crippen molar-refractivity contribution in [2.75, 3.05) is 37.3 Å². The number of phenolic OH excluding ortho intramolecular Hbond substituents is 1. The Balaban J connectivity index is 1.61. The molecule has 0 radical (unpaired) electrons. The minimum Gasteiger partial charge on any atom is -0.507 e. The van der Waals surface area contributed by atoms with Gasteiger partial charge in [-0.3, -0.25) is 14.2 Å². The third kappa shape index (κ3) is 5.30. The highest BCUT2D eigenvalue weighted by molar-refractivity contribution is 7.90. The third-order valence-corrected chi connectivity index (χ3v) is 10.4. The lowest BCUT2D eigenvalue weighted by molar-refractivity contribution is -0.128. The van der Waals surface area contributed by atoms with Crippen LogP contribution < -0.4 is 10.5 Å². The molecule has 0 bridgehead atoms. The first kappa shape index (κ1) is 32.1. The summed E-state index contributed by atoms with van der Waals surface area (Å²) in [6, 6.07) is 4.67. The summed E-state index contributed by atoms with van der Waals surface area (Å²) in [6.07, 6.45) is 5.23. The predicted octanol–water partition coefficient (Wildman–Crippen LogP) is 5.38. The monoisotopic (exact) mass is 699 g/mol. The predicted molar refractivity (Wildman–Crippen MR) is 173 cm³/mol. The number of piperazine rings is 1. The Labute approximate surface area is 278 Å². The van der Waals surface area contributed by atoms with Crippen molar-refractivity contribution in [3.05, 3.63) is 81.4 Å². The topological polar surface area (TPSA) is 126 Å². The number of carbonyl (C=O) groups excluding carboxylic acids is 1. The second-order valence-electron chi connectivity index (χ2n) is 12.4. The standard InChI is InChI=1S/C33H29ClF3N5O5S/c1-16(35)32(44)41-12-10-40(11-13-41)29-19-14-20(34)23(24-21(36)4-3-5-22(24)43)25(37)28(19)42(33(45)31(29)48(2,46)47)30-26(17-6-7-17)38-15-39-27(30)18-8-9-18/h3-5,14-15,17-18,43H,1,6-13H2,2H3. The fraction of sp³-hybridized carbons (Fsp3) is 0.333. The molecule has 2 aliphatic carbocycles. The average Bonchev–Trinajstić information content (AvgIpc) is 3.95. The molecule has 7 rings (SSSR count). The number of halogens is 4. The van der Waals surface area contributed by atoms with Crippen LogP contribution in [0.4, 0.5) is 18.9 Å². The number of fused-ring (bicyclic) bond motifs is 1. The molecule has 4 aromatic rings. The Bertz CT molecular complexity index is 2180. The van der Waals surface area contributed by atoms with Gasteiger partial charge in [-0.05, 0) is 43.9 Å². The van der Waals surface area contributed by atoms with E-state index in [1.54, 1.807) is 0 Å². The molecule has 1 N–H and O–H groups in total. The van der Waals surface area contributed by atoms with Gasteiger partial charge in [-0.15, -0.1) is 0 Å². The lowest BCUT2D eigenvalue weighted by Crippen LogP contribution is -2.49. The SMILES string of the molecule is C=C(F)C(=O)N1CCN(c2c(S(C)(=O)=O)c(=O)n(-c3c(C4CC4)ncnc3C3CC3)c3c(F)c(-c4c(O)cccc4F)c(Cl)cc23)CC1. The number of carbonyl (C=O) groups is 1. The molecule has 250 valence electrons. The molecule has 0 unspecified atom stereocenters. The number of nitrogens with zero attached hydrogens (tertiary/aromatic N) is 5. The van der Waals surface area contributed by atoms with Gasteiger partial charge in [0.25, 0.3) is 11.5 Å². The number of aromatic hydroxyl groups is 1. The Hall–Kier alpha value is -4.43. The van der Waals surface area contributed by atoms with E-state index in [1.165, 1.54) is 28.3 Å². The van der Waals surface area contributed by atoms with Gasteiger partial charge in [-0.2, -0.15) is 0 Å². The van der Waals surface area contributed by atoms with Crippen molar-refractivity contribution >= 4 is 43.9 Å². The van der Waals surface area contributed by atoms with Crippen molar-refractivity contribution in [2.45, 2.75) is 42.4 Å². The summed E-state index contributed by atoms with van der Waals surface area (Å²) in [6.45, 7) is 2.83. The molecule has 0 spiro atoms. The summed E-state index contributed by atoms with van der Waals surface area (Å²) < 4.78 is 74.5. The molecule has 10 nitrogen and oxygen atoms in total. The van der Waals surface area contributed by atoms with Crippen LogP contribution in [-0.2, 0) is 14.6 Å². The summed E-state index contributed by atoms with van der Waals surface area (Å²) in [5.41, 5.74) is -1.60. The number of pyridine rings is 1. The van der Waals surface area contributed by atoms with E-state index in [2.05, 4.69) is 16.5 Å². The van der Waals surface area contributed by atoms with E-state index in [0.717, 1.165) is 48.6 Å². The van der Waals surface area contributed by atoms with E-state index in [1.807, 2.05) is 0 Å². The van der Waals surface area contributed by atoms with Crippen LogP contribution in [0.1, 0.15) is 48.9 Å². The molecule has 48 heavy (non-hydrogen) atoms. The molecule has 3 aliphatic rings. The van der Waals surface area contributed by atoms with Gasteiger partial charge in [0.2, 0.25) is 0 Å². The third-order valence-electron chi connectivity index (χ3n) is 9.04. The Kier molecular flexibility index (Phi) is 7.78. The first-order valence-corrected chi connectivity index (χ1v) is 17.6. The molecular weight excluding hydrogens is 671 g/mol. The van der Waals surface area contributed by atoms with E-state index in [0.29, 0.717) is 11.4 Å². The molecule has 1 aliphatic heterocycles. The summed E-state index contributed by atoms with van der Waals surface area (Å²) in [5, 5.41) is 10.2. The van der Waals surface area contributed by atoms with Crippen molar-refractivity contribution in [3.63, 3.8) is 0 Å². The quantitative estimate of drug-likeness (QED) is 0.255. The van der Waals surface area contributed by atoms with Gasteiger partial charge in [0, 0.05) is 55.2 Å². The lowest BCUT2D eigenvalue weighted by Gasteiger charge is -2.37. The van der Waals surface area contributed by atoms with Crippen LogP contribution in [0.25, 0.3) is 27.7 Å². The average molecular weight is 700 g/mol. The Morgan fingerprint density at radius 2 is 1.60 bits per heavy atom. The number of aromatic nitrogens is 3. The summed E-state index contributed by atoms with van der Waals surface area (Å²) >= 11 is 6.68. The number of phenols is 1. The van der Waals surface area contributed by atoms with Crippen LogP contribution >= 0.6 is 11.6 Å². The van der Waals surface area contributed by atoms with Crippen LogP contribution in [0.5, 0.6) is 5.75 Å². The van der Waals surface area contributed by atoms with Crippen LogP contribution in [-0.4, -0.2) is 71.3 Å². The van der Waals surface area contributed by atoms with Crippen LogP contribution in [0.15, 0.2) is 52.7 Å². The highest BCUT2D eigenvalue weighted by Gasteiger charge is 2.39. The molecule has 3 heterocycles. The van der Waals surface area contributed by atoms with Gasteiger partial charge in [-0.25, -0.2) is 31.6 Å². The Morgan fingerprint density at radius 1 is 1.00 bits per heavy atom. The van der Waals surface area contributed by atoms with Crippen molar-refractivity contribution in [2.24, 2.45) is 0 Å². The largest absolute Gasteiger partial charge is 0.507 e. The molecule has 2 aromatic heterocycles. The second kappa shape index (κ2) is 11.6. The summed E-state index contributed by atoms with van der Waals surface area (Å²) in [5.74, 6) is -5.00. The number of hydrogen-bond donors (Lipinski definition) is 1. The van der Waals surface area contributed by atoms with Crippen molar-refractivity contribution in [1.29, 1.82) is 0 Å². The number of rotatable bonds is 7. The molecule has 1 saturated heterocycles. The van der Waals surface area contributed by atoms with E-state index >= 15 is 8.78 Å². The normalized spacial score (nSPS) is 16.9. The fourth-order valence-electron chi connectivity index (χ4n) is 6.54. The molecule has 3 fully saturated rings. The van der Waals surface area contributed by atoms with E-state index in [9.17, 15) is 27.5 Å². The van der Waals surface area contributed by atoms with Gasteiger partial charge in [0.15, 0.2) is 26.4 Å². The number of amides is 1. The first-order chi connectivity index (χ1) is 22.8. The van der Waals surface area contributed by atoms with E-state index in [4.69, 9.17) is 11.6 Å².